The average molecular weight is 414 g/mol. The maximum absolute atomic E-state index is 12.8. The lowest BCUT2D eigenvalue weighted by molar-refractivity contribution is -0.121. The Morgan fingerprint density at radius 1 is 0.967 bits per heavy atom. The summed E-state index contributed by atoms with van der Waals surface area (Å²) in [5, 5.41) is 6.05. The van der Waals surface area contributed by atoms with E-state index in [4.69, 9.17) is 0 Å². The highest BCUT2D eigenvalue weighted by Crippen LogP contribution is 2.23. The zero-order valence-corrected chi connectivity index (χ0v) is 17.4. The quantitative estimate of drug-likeness (QED) is 0.430. The molecule has 2 aromatic carbocycles. The maximum Gasteiger partial charge on any atom is 0.226 e. The van der Waals surface area contributed by atoms with Gasteiger partial charge in [-0.25, -0.2) is 4.98 Å². The van der Waals surface area contributed by atoms with Crippen LogP contribution in [0.25, 0.3) is 10.6 Å². The van der Waals surface area contributed by atoms with Crippen LogP contribution in [0, 0.1) is 0 Å². The van der Waals surface area contributed by atoms with Gasteiger partial charge in [-0.2, -0.15) is 0 Å². The summed E-state index contributed by atoms with van der Waals surface area (Å²) in [4.78, 5) is 21.5. The molecule has 4 nitrogen and oxygen atoms in total. The molecule has 0 saturated carbocycles. The molecule has 0 saturated heterocycles. The summed E-state index contributed by atoms with van der Waals surface area (Å²) in [6, 6.07) is 24.4. The topological polar surface area (TPSA) is 54.9 Å². The van der Waals surface area contributed by atoms with E-state index < -0.39 is 0 Å². The Bertz CT molecular complexity index is 1070. The lowest BCUT2D eigenvalue weighted by Gasteiger charge is -2.19. The molecule has 2 aromatic heterocycles. The summed E-state index contributed by atoms with van der Waals surface area (Å²) < 4.78 is 0. The van der Waals surface area contributed by atoms with Crippen LogP contribution in [0.5, 0.6) is 0 Å². The second kappa shape index (κ2) is 9.94. The van der Waals surface area contributed by atoms with Crippen molar-refractivity contribution in [1.82, 2.24) is 15.3 Å². The molecule has 1 unspecified atom stereocenters. The smallest absolute Gasteiger partial charge is 0.226 e. The van der Waals surface area contributed by atoms with Crippen molar-refractivity contribution in [3.8, 4) is 10.6 Å². The molecule has 4 aromatic rings. The van der Waals surface area contributed by atoms with Gasteiger partial charge < -0.3 is 5.32 Å². The predicted molar refractivity (Wildman–Crippen MR) is 121 cm³/mol. The number of amides is 1. The molecule has 0 spiro atoms. The number of pyridine rings is 1. The third-order valence-corrected chi connectivity index (χ3v) is 5.84. The number of nitrogens with zero attached hydrogens (tertiary/aromatic N) is 2. The number of carbonyl (C=O) groups is 1. The van der Waals surface area contributed by atoms with Gasteiger partial charge in [0, 0.05) is 23.3 Å². The largest absolute Gasteiger partial charge is 0.349 e. The van der Waals surface area contributed by atoms with Gasteiger partial charge in [0.15, 0.2) is 0 Å². The fourth-order valence-electron chi connectivity index (χ4n) is 3.38. The second-order valence-corrected chi connectivity index (χ2v) is 7.98. The zero-order chi connectivity index (χ0) is 20.6. The molecular weight excluding hydrogens is 390 g/mol. The van der Waals surface area contributed by atoms with Gasteiger partial charge in [0.1, 0.15) is 5.01 Å². The number of benzene rings is 2. The highest BCUT2D eigenvalue weighted by molar-refractivity contribution is 7.13. The third-order valence-electron chi connectivity index (χ3n) is 4.90. The maximum atomic E-state index is 12.8. The van der Waals surface area contributed by atoms with Crippen LogP contribution in [0.4, 0.5) is 0 Å². The van der Waals surface area contributed by atoms with E-state index in [-0.39, 0.29) is 18.4 Å². The Labute approximate surface area is 180 Å². The van der Waals surface area contributed by atoms with Gasteiger partial charge in [0.05, 0.1) is 18.2 Å². The molecular formula is C25H23N3OS. The number of nitrogens with one attached hydrogen (secondary N) is 1. The summed E-state index contributed by atoms with van der Waals surface area (Å²) in [5.41, 5.74) is 4.15. The molecule has 1 N–H and O–H groups in total. The zero-order valence-electron chi connectivity index (χ0n) is 16.6. The molecule has 0 aliphatic carbocycles. The molecule has 0 bridgehead atoms. The Balaban J connectivity index is 1.42. The standard InChI is InChI=1S/C25H23N3OS/c29-24(16-22-18-30-25(27-22)21-12-7-15-26-17-21)28-23(20-10-5-2-6-11-20)14-13-19-8-3-1-4-9-19/h1-12,15,17-18,23H,13-14,16H2,(H,28,29). The van der Waals surface area contributed by atoms with Crippen LogP contribution in [0.3, 0.4) is 0 Å². The van der Waals surface area contributed by atoms with Crippen LogP contribution < -0.4 is 5.32 Å². The lowest BCUT2D eigenvalue weighted by Crippen LogP contribution is -2.30. The molecule has 1 atom stereocenters. The molecule has 4 rings (SSSR count). The number of aryl methyl sites for hydroxylation is 1. The number of rotatable bonds is 8. The highest BCUT2D eigenvalue weighted by Gasteiger charge is 2.16. The van der Waals surface area contributed by atoms with Crippen molar-refractivity contribution in [3.05, 3.63) is 107 Å². The van der Waals surface area contributed by atoms with Gasteiger partial charge in [0.25, 0.3) is 0 Å². The van der Waals surface area contributed by atoms with Gasteiger partial charge in [-0.05, 0) is 36.1 Å². The van der Waals surface area contributed by atoms with Crippen LogP contribution in [-0.4, -0.2) is 15.9 Å². The van der Waals surface area contributed by atoms with Crippen LogP contribution in [0.15, 0.2) is 90.6 Å². The van der Waals surface area contributed by atoms with Crippen LogP contribution in [0.2, 0.25) is 0 Å². The average Bonchev–Trinajstić information content (AvgIpc) is 3.27. The van der Waals surface area contributed by atoms with E-state index in [2.05, 4.69) is 39.6 Å². The molecule has 150 valence electrons. The van der Waals surface area contributed by atoms with Crippen LogP contribution >= 0.6 is 11.3 Å². The minimum Gasteiger partial charge on any atom is -0.349 e. The van der Waals surface area contributed by atoms with E-state index in [1.165, 1.54) is 16.9 Å². The van der Waals surface area contributed by atoms with E-state index in [0.29, 0.717) is 0 Å². The Morgan fingerprint density at radius 3 is 2.47 bits per heavy atom. The monoisotopic (exact) mass is 413 g/mol. The Hall–Kier alpha value is -3.31. The van der Waals surface area contributed by atoms with Gasteiger partial charge in [-0.1, -0.05) is 60.7 Å². The summed E-state index contributed by atoms with van der Waals surface area (Å²) in [7, 11) is 0. The van der Waals surface area contributed by atoms with Crippen molar-refractivity contribution in [2.24, 2.45) is 0 Å². The Morgan fingerprint density at radius 2 is 1.73 bits per heavy atom. The first kappa shape index (κ1) is 20.0. The minimum absolute atomic E-state index is 0.0139. The number of carbonyl (C=O) groups excluding carboxylic acids is 1. The summed E-state index contributed by atoms with van der Waals surface area (Å²) in [5.74, 6) is -0.0139. The molecule has 0 radical (unpaired) electrons. The molecule has 0 aliphatic heterocycles. The van der Waals surface area contributed by atoms with Crippen molar-refractivity contribution in [1.29, 1.82) is 0 Å². The first-order valence-electron chi connectivity index (χ1n) is 10.0. The second-order valence-electron chi connectivity index (χ2n) is 7.12. The van der Waals surface area contributed by atoms with Crippen LogP contribution in [-0.2, 0) is 17.6 Å². The van der Waals surface area contributed by atoms with Gasteiger partial charge in [0.2, 0.25) is 5.91 Å². The van der Waals surface area contributed by atoms with E-state index >= 15 is 0 Å². The van der Waals surface area contributed by atoms with E-state index in [1.54, 1.807) is 12.4 Å². The number of aromatic nitrogens is 2. The molecule has 0 aliphatic rings. The minimum atomic E-state index is -0.0321. The first-order valence-corrected chi connectivity index (χ1v) is 10.9. The van der Waals surface area contributed by atoms with E-state index in [9.17, 15) is 4.79 Å². The van der Waals surface area contributed by atoms with Crippen LogP contribution in [0.1, 0.15) is 29.3 Å². The van der Waals surface area contributed by atoms with Crippen molar-refractivity contribution >= 4 is 17.2 Å². The lowest BCUT2D eigenvalue weighted by atomic mass is 9.98. The summed E-state index contributed by atoms with van der Waals surface area (Å²) in [6.45, 7) is 0. The fraction of sp³-hybridized carbons (Fsp3) is 0.160. The predicted octanol–water partition coefficient (Wildman–Crippen LogP) is 5.24. The normalized spacial score (nSPS) is 11.7. The van der Waals surface area contributed by atoms with Crippen molar-refractivity contribution in [2.45, 2.75) is 25.3 Å². The van der Waals surface area contributed by atoms with Crippen molar-refractivity contribution < 1.29 is 4.79 Å². The van der Waals surface area contributed by atoms with E-state index in [0.717, 1.165) is 34.7 Å². The molecule has 5 heteroatoms. The highest BCUT2D eigenvalue weighted by atomic mass is 32.1. The molecule has 1 amide bonds. The first-order chi connectivity index (χ1) is 14.8. The van der Waals surface area contributed by atoms with Gasteiger partial charge in [-0.15, -0.1) is 11.3 Å². The van der Waals surface area contributed by atoms with Crippen molar-refractivity contribution in [3.63, 3.8) is 0 Å². The number of hydrogen-bond acceptors (Lipinski definition) is 4. The number of hydrogen-bond donors (Lipinski definition) is 1. The number of thiazole rings is 1. The van der Waals surface area contributed by atoms with Gasteiger partial charge >= 0.3 is 0 Å². The molecule has 30 heavy (non-hydrogen) atoms. The Kier molecular flexibility index (Phi) is 6.62. The summed E-state index contributed by atoms with van der Waals surface area (Å²) in [6.07, 6.45) is 5.55. The third kappa shape index (κ3) is 5.39. The fourth-order valence-corrected chi connectivity index (χ4v) is 4.19. The van der Waals surface area contributed by atoms with Gasteiger partial charge in [-0.3, -0.25) is 9.78 Å². The van der Waals surface area contributed by atoms with E-state index in [1.807, 2.05) is 53.9 Å². The molecule has 0 fully saturated rings. The summed E-state index contributed by atoms with van der Waals surface area (Å²) >= 11 is 1.54. The SMILES string of the molecule is O=C(Cc1csc(-c2cccnc2)n1)NC(CCc1ccccc1)c1ccccc1. The molecule has 2 heterocycles. The van der Waals surface area contributed by atoms with Crippen molar-refractivity contribution in [2.75, 3.05) is 0 Å².